The van der Waals surface area contributed by atoms with Crippen molar-refractivity contribution >= 4 is 5.78 Å². The number of ketones is 1. The molecule has 0 amide bonds. The van der Waals surface area contributed by atoms with Gasteiger partial charge in [0.1, 0.15) is 5.78 Å². The largest absolute Gasteiger partial charge is 0.299 e. The SMILES string of the molecule is O=C1CCC[C@@H]1CCF. The van der Waals surface area contributed by atoms with Crippen LogP contribution in [0.15, 0.2) is 0 Å². The maximum Gasteiger partial charge on any atom is 0.136 e. The molecule has 52 valence electrons. The molecule has 9 heavy (non-hydrogen) atoms. The van der Waals surface area contributed by atoms with Crippen LogP contribution in [0, 0.1) is 5.92 Å². The van der Waals surface area contributed by atoms with Gasteiger partial charge in [0.15, 0.2) is 0 Å². The fraction of sp³-hybridized carbons (Fsp3) is 0.857. The van der Waals surface area contributed by atoms with Gasteiger partial charge in [-0.1, -0.05) is 0 Å². The van der Waals surface area contributed by atoms with Gasteiger partial charge in [-0.25, -0.2) is 0 Å². The number of carbonyl (C=O) groups excluding carboxylic acids is 1. The van der Waals surface area contributed by atoms with E-state index in [0.29, 0.717) is 12.8 Å². The van der Waals surface area contributed by atoms with Gasteiger partial charge in [0.2, 0.25) is 0 Å². The van der Waals surface area contributed by atoms with E-state index in [2.05, 4.69) is 0 Å². The number of Topliss-reactive ketones (excluding diaryl/α,β-unsaturated/α-hetero) is 1. The summed E-state index contributed by atoms with van der Waals surface area (Å²) in [6, 6.07) is 0. The average molecular weight is 130 g/mol. The van der Waals surface area contributed by atoms with E-state index in [9.17, 15) is 9.18 Å². The zero-order valence-corrected chi connectivity index (χ0v) is 5.40. The third kappa shape index (κ3) is 1.50. The topological polar surface area (TPSA) is 17.1 Å². The zero-order chi connectivity index (χ0) is 6.69. The van der Waals surface area contributed by atoms with Crippen LogP contribution < -0.4 is 0 Å². The highest BCUT2D eigenvalue weighted by atomic mass is 19.1. The Bertz CT molecular complexity index is 111. The molecule has 1 saturated carbocycles. The number of carbonyl (C=O) groups is 1. The first-order valence-corrected chi connectivity index (χ1v) is 3.43. The normalized spacial score (nSPS) is 27.2. The molecule has 1 aliphatic carbocycles. The third-order valence-corrected chi connectivity index (χ3v) is 1.89. The smallest absolute Gasteiger partial charge is 0.136 e. The molecule has 1 nitrogen and oxygen atoms in total. The lowest BCUT2D eigenvalue weighted by atomic mass is 10.0. The molecule has 1 atom stereocenters. The van der Waals surface area contributed by atoms with E-state index in [0.717, 1.165) is 12.8 Å². The second kappa shape index (κ2) is 2.95. The van der Waals surface area contributed by atoms with Crippen molar-refractivity contribution < 1.29 is 9.18 Å². The third-order valence-electron chi connectivity index (χ3n) is 1.89. The van der Waals surface area contributed by atoms with Crippen LogP contribution in [-0.4, -0.2) is 12.5 Å². The van der Waals surface area contributed by atoms with Crippen molar-refractivity contribution in [3.05, 3.63) is 0 Å². The van der Waals surface area contributed by atoms with Gasteiger partial charge in [-0.15, -0.1) is 0 Å². The molecule has 0 bridgehead atoms. The van der Waals surface area contributed by atoms with Gasteiger partial charge in [0, 0.05) is 12.3 Å². The molecular formula is C7H11FO. The maximum atomic E-state index is 11.7. The minimum Gasteiger partial charge on any atom is -0.299 e. The summed E-state index contributed by atoms with van der Waals surface area (Å²) in [6.45, 7) is -0.337. The van der Waals surface area contributed by atoms with Crippen molar-refractivity contribution in [2.24, 2.45) is 5.92 Å². The minimum atomic E-state index is -0.337. The van der Waals surface area contributed by atoms with Gasteiger partial charge >= 0.3 is 0 Å². The summed E-state index contributed by atoms with van der Waals surface area (Å²) in [5.74, 6) is 0.336. The number of hydrogen-bond donors (Lipinski definition) is 0. The highest BCUT2D eigenvalue weighted by molar-refractivity contribution is 5.82. The van der Waals surface area contributed by atoms with Crippen molar-refractivity contribution in [3.8, 4) is 0 Å². The fourth-order valence-electron chi connectivity index (χ4n) is 1.32. The molecule has 0 aromatic heterocycles. The van der Waals surface area contributed by atoms with Gasteiger partial charge in [0.25, 0.3) is 0 Å². The summed E-state index contributed by atoms with van der Waals surface area (Å²) >= 11 is 0. The van der Waals surface area contributed by atoms with E-state index >= 15 is 0 Å². The number of alkyl halides is 1. The van der Waals surface area contributed by atoms with E-state index in [4.69, 9.17) is 0 Å². The molecule has 1 aliphatic rings. The second-order valence-electron chi connectivity index (χ2n) is 2.53. The first kappa shape index (κ1) is 6.72. The number of rotatable bonds is 2. The summed E-state index contributed by atoms with van der Waals surface area (Å²) in [7, 11) is 0. The van der Waals surface area contributed by atoms with Crippen LogP contribution >= 0.6 is 0 Å². The maximum absolute atomic E-state index is 11.7. The Morgan fingerprint density at radius 1 is 1.67 bits per heavy atom. The molecule has 0 aromatic carbocycles. The van der Waals surface area contributed by atoms with Crippen molar-refractivity contribution in [1.82, 2.24) is 0 Å². The highest BCUT2D eigenvalue weighted by Crippen LogP contribution is 2.23. The Kier molecular flexibility index (Phi) is 2.20. The summed E-state index contributed by atoms with van der Waals surface area (Å²) < 4.78 is 11.7. The first-order chi connectivity index (χ1) is 4.34. The van der Waals surface area contributed by atoms with Crippen molar-refractivity contribution in [2.45, 2.75) is 25.7 Å². The molecule has 0 aliphatic heterocycles. The zero-order valence-electron chi connectivity index (χ0n) is 5.40. The Morgan fingerprint density at radius 3 is 2.89 bits per heavy atom. The standard InChI is InChI=1S/C7H11FO/c8-5-4-6-2-1-3-7(6)9/h6H,1-5H2/t6-/m1/s1. The van der Waals surface area contributed by atoms with E-state index < -0.39 is 0 Å². The molecule has 0 aromatic rings. The lowest BCUT2D eigenvalue weighted by Crippen LogP contribution is -2.06. The minimum absolute atomic E-state index is 0.0648. The summed E-state index contributed by atoms with van der Waals surface area (Å²) in [6.07, 6.45) is 3.04. The van der Waals surface area contributed by atoms with Crippen LogP contribution in [0.25, 0.3) is 0 Å². The van der Waals surface area contributed by atoms with E-state index in [1.165, 1.54) is 0 Å². The molecule has 0 spiro atoms. The van der Waals surface area contributed by atoms with Crippen molar-refractivity contribution in [2.75, 3.05) is 6.67 Å². The van der Waals surface area contributed by atoms with Crippen LogP contribution in [0.3, 0.4) is 0 Å². The molecular weight excluding hydrogens is 119 g/mol. The molecule has 0 saturated heterocycles. The number of halogens is 1. The van der Waals surface area contributed by atoms with Gasteiger partial charge in [0.05, 0.1) is 6.67 Å². The lowest BCUT2D eigenvalue weighted by molar-refractivity contribution is -0.120. The van der Waals surface area contributed by atoms with E-state index in [1.807, 2.05) is 0 Å². The Balaban J connectivity index is 2.31. The average Bonchev–Trinajstić information content (AvgIpc) is 2.18. The Labute approximate surface area is 54.3 Å². The van der Waals surface area contributed by atoms with Crippen molar-refractivity contribution in [1.29, 1.82) is 0 Å². The summed E-state index contributed by atoms with van der Waals surface area (Å²) in [4.78, 5) is 10.8. The molecule has 2 heteroatoms. The van der Waals surface area contributed by atoms with Crippen LogP contribution in [0.2, 0.25) is 0 Å². The quantitative estimate of drug-likeness (QED) is 0.556. The lowest BCUT2D eigenvalue weighted by Gasteiger charge is -2.00. The molecule has 1 fully saturated rings. The van der Waals surface area contributed by atoms with E-state index in [-0.39, 0.29) is 18.4 Å². The van der Waals surface area contributed by atoms with Crippen LogP contribution in [0.1, 0.15) is 25.7 Å². The van der Waals surface area contributed by atoms with Crippen molar-refractivity contribution in [3.63, 3.8) is 0 Å². The summed E-state index contributed by atoms with van der Waals surface area (Å²) in [5.41, 5.74) is 0. The Hall–Kier alpha value is -0.400. The first-order valence-electron chi connectivity index (χ1n) is 3.43. The number of hydrogen-bond acceptors (Lipinski definition) is 1. The molecule has 0 heterocycles. The molecule has 0 unspecified atom stereocenters. The molecule has 0 radical (unpaired) electrons. The van der Waals surface area contributed by atoms with Crippen LogP contribution in [0.5, 0.6) is 0 Å². The molecule has 1 rings (SSSR count). The molecule has 0 N–H and O–H groups in total. The van der Waals surface area contributed by atoms with Gasteiger partial charge in [-0.3, -0.25) is 9.18 Å². The summed E-state index contributed by atoms with van der Waals surface area (Å²) in [5, 5.41) is 0. The predicted molar refractivity (Wildman–Crippen MR) is 32.9 cm³/mol. The predicted octanol–water partition coefficient (Wildman–Crippen LogP) is 1.72. The van der Waals surface area contributed by atoms with Gasteiger partial charge in [-0.2, -0.15) is 0 Å². The Morgan fingerprint density at radius 2 is 2.44 bits per heavy atom. The van der Waals surface area contributed by atoms with Crippen LogP contribution in [-0.2, 0) is 4.79 Å². The fourth-order valence-corrected chi connectivity index (χ4v) is 1.32. The van der Waals surface area contributed by atoms with Gasteiger partial charge < -0.3 is 0 Å². The highest BCUT2D eigenvalue weighted by Gasteiger charge is 2.23. The van der Waals surface area contributed by atoms with E-state index in [1.54, 1.807) is 0 Å². The second-order valence-corrected chi connectivity index (χ2v) is 2.53. The van der Waals surface area contributed by atoms with Gasteiger partial charge in [-0.05, 0) is 19.3 Å². The van der Waals surface area contributed by atoms with Crippen LogP contribution in [0.4, 0.5) is 4.39 Å². The monoisotopic (exact) mass is 130 g/mol.